The first-order chi connectivity index (χ1) is 12.1. The van der Waals surface area contributed by atoms with Crippen LogP contribution in [0.5, 0.6) is 5.75 Å². The Bertz CT molecular complexity index is 889. The van der Waals surface area contributed by atoms with E-state index in [-0.39, 0.29) is 11.9 Å². The third-order valence-electron chi connectivity index (χ3n) is 3.83. The van der Waals surface area contributed by atoms with Crippen molar-refractivity contribution in [3.05, 3.63) is 65.8 Å². The highest BCUT2D eigenvalue weighted by Crippen LogP contribution is 2.32. The van der Waals surface area contributed by atoms with Gasteiger partial charge in [0.1, 0.15) is 11.8 Å². The molecule has 1 aromatic heterocycles. The molecule has 2 aromatic carbocycles. The fourth-order valence-corrected chi connectivity index (χ4v) is 2.61. The summed E-state index contributed by atoms with van der Waals surface area (Å²) in [6.45, 7) is 3.54. The molecule has 6 nitrogen and oxygen atoms in total. The molecule has 0 aliphatic carbocycles. The molecule has 0 saturated heterocycles. The van der Waals surface area contributed by atoms with Crippen molar-refractivity contribution >= 4 is 5.91 Å². The Kier molecular flexibility index (Phi) is 4.79. The highest BCUT2D eigenvalue weighted by atomic mass is 16.5. The molecule has 0 radical (unpaired) electrons. The molecule has 0 unspecified atom stereocenters. The van der Waals surface area contributed by atoms with E-state index in [9.17, 15) is 4.79 Å². The quantitative estimate of drug-likeness (QED) is 0.770. The molecule has 0 bridgehead atoms. The van der Waals surface area contributed by atoms with Crippen LogP contribution < -0.4 is 10.1 Å². The predicted molar refractivity (Wildman–Crippen MR) is 93.3 cm³/mol. The first-order valence-corrected chi connectivity index (χ1v) is 7.93. The first kappa shape index (κ1) is 16.7. The standard InChI is InChI=1S/C19H19N3O3/c1-12(19-21-13(2)22-25-19)20-18(23)16-10-5-4-8-14(16)15-9-6-7-11-17(15)24-3/h4-12H,1-3H3,(H,20,23)/t12-/m1/s1. The van der Waals surface area contributed by atoms with Crippen LogP contribution in [0.3, 0.4) is 0 Å². The van der Waals surface area contributed by atoms with Crippen LogP contribution in [0.4, 0.5) is 0 Å². The van der Waals surface area contributed by atoms with Gasteiger partial charge < -0.3 is 14.6 Å². The lowest BCUT2D eigenvalue weighted by Gasteiger charge is -2.14. The SMILES string of the molecule is COc1ccccc1-c1ccccc1C(=O)N[C@H](C)c1nc(C)no1. The number of amides is 1. The molecule has 1 heterocycles. The third-order valence-corrected chi connectivity index (χ3v) is 3.83. The van der Waals surface area contributed by atoms with Crippen LogP contribution >= 0.6 is 0 Å². The van der Waals surface area contributed by atoms with Crippen molar-refractivity contribution in [1.29, 1.82) is 0 Å². The fourth-order valence-electron chi connectivity index (χ4n) is 2.61. The number of aromatic nitrogens is 2. The maximum absolute atomic E-state index is 12.8. The van der Waals surface area contributed by atoms with Gasteiger partial charge in [-0.25, -0.2) is 0 Å². The second kappa shape index (κ2) is 7.17. The number of para-hydroxylation sites is 1. The number of methoxy groups -OCH3 is 1. The Labute approximate surface area is 145 Å². The van der Waals surface area contributed by atoms with Crippen LogP contribution in [-0.4, -0.2) is 23.2 Å². The lowest BCUT2D eigenvalue weighted by Crippen LogP contribution is -2.27. The average Bonchev–Trinajstić information content (AvgIpc) is 3.08. The van der Waals surface area contributed by atoms with Crippen LogP contribution in [0.1, 0.15) is 35.0 Å². The highest BCUT2D eigenvalue weighted by Gasteiger charge is 2.20. The van der Waals surface area contributed by atoms with E-state index in [1.54, 1.807) is 27.0 Å². The van der Waals surface area contributed by atoms with Crippen molar-refractivity contribution in [2.24, 2.45) is 0 Å². The number of nitrogens with zero attached hydrogens (tertiary/aromatic N) is 2. The smallest absolute Gasteiger partial charge is 0.252 e. The normalized spacial score (nSPS) is 11.8. The zero-order chi connectivity index (χ0) is 17.8. The molecule has 128 valence electrons. The lowest BCUT2D eigenvalue weighted by atomic mass is 9.98. The van der Waals surface area contributed by atoms with Crippen molar-refractivity contribution in [2.45, 2.75) is 19.9 Å². The van der Waals surface area contributed by atoms with Gasteiger partial charge in [-0.05, 0) is 31.5 Å². The average molecular weight is 337 g/mol. The summed E-state index contributed by atoms with van der Waals surface area (Å²) in [6, 6.07) is 14.6. The van der Waals surface area contributed by atoms with Gasteiger partial charge in [-0.1, -0.05) is 41.6 Å². The van der Waals surface area contributed by atoms with Crippen molar-refractivity contribution < 1.29 is 14.1 Å². The van der Waals surface area contributed by atoms with Gasteiger partial charge in [0.25, 0.3) is 5.91 Å². The van der Waals surface area contributed by atoms with Crippen LogP contribution in [0, 0.1) is 6.92 Å². The molecule has 6 heteroatoms. The van der Waals surface area contributed by atoms with Crippen molar-refractivity contribution in [3.8, 4) is 16.9 Å². The zero-order valence-corrected chi connectivity index (χ0v) is 14.3. The van der Waals surface area contributed by atoms with Crippen LogP contribution in [0.2, 0.25) is 0 Å². The van der Waals surface area contributed by atoms with E-state index in [2.05, 4.69) is 15.5 Å². The van der Waals surface area contributed by atoms with Crippen molar-refractivity contribution in [3.63, 3.8) is 0 Å². The Morgan fingerprint density at radius 3 is 2.48 bits per heavy atom. The second-order valence-electron chi connectivity index (χ2n) is 5.62. The third kappa shape index (κ3) is 3.52. The van der Waals surface area contributed by atoms with E-state index >= 15 is 0 Å². The number of benzene rings is 2. The number of hydrogen-bond donors (Lipinski definition) is 1. The summed E-state index contributed by atoms with van der Waals surface area (Å²) >= 11 is 0. The topological polar surface area (TPSA) is 77.2 Å². The highest BCUT2D eigenvalue weighted by molar-refractivity contribution is 6.01. The number of ether oxygens (including phenoxy) is 1. The molecule has 0 aliphatic rings. The fraction of sp³-hybridized carbons (Fsp3) is 0.211. The van der Waals surface area contributed by atoms with E-state index in [0.717, 1.165) is 11.1 Å². The van der Waals surface area contributed by atoms with E-state index in [0.29, 0.717) is 23.0 Å². The summed E-state index contributed by atoms with van der Waals surface area (Å²) in [5.74, 6) is 1.40. The van der Waals surface area contributed by atoms with Gasteiger partial charge in [0.2, 0.25) is 5.89 Å². The number of carbonyl (C=O) groups is 1. The minimum atomic E-state index is -0.389. The molecule has 0 fully saturated rings. The lowest BCUT2D eigenvalue weighted by molar-refractivity contribution is 0.0933. The van der Waals surface area contributed by atoms with Gasteiger partial charge in [0, 0.05) is 11.1 Å². The zero-order valence-electron chi connectivity index (χ0n) is 14.3. The summed E-state index contributed by atoms with van der Waals surface area (Å²) in [5.41, 5.74) is 2.21. The molecule has 1 N–H and O–H groups in total. The maximum atomic E-state index is 12.8. The van der Waals surface area contributed by atoms with Gasteiger partial charge in [-0.3, -0.25) is 4.79 Å². The Balaban J connectivity index is 1.91. The Morgan fingerprint density at radius 1 is 1.12 bits per heavy atom. The largest absolute Gasteiger partial charge is 0.496 e. The van der Waals surface area contributed by atoms with Gasteiger partial charge in [-0.15, -0.1) is 0 Å². The molecular weight excluding hydrogens is 318 g/mol. The van der Waals surface area contributed by atoms with Gasteiger partial charge in [-0.2, -0.15) is 4.98 Å². The van der Waals surface area contributed by atoms with E-state index in [4.69, 9.17) is 9.26 Å². The van der Waals surface area contributed by atoms with E-state index in [1.165, 1.54) is 0 Å². The number of aryl methyl sites for hydroxylation is 1. The summed E-state index contributed by atoms with van der Waals surface area (Å²) in [7, 11) is 1.61. The van der Waals surface area contributed by atoms with Crippen LogP contribution in [0.15, 0.2) is 53.1 Å². The number of hydrogen-bond acceptors (Lipinski definition) is 5. The monoisotopic (exact) mass is 337 g/mol. The molecule has 1 amide bonds. The number of carbonyl (C=O) groups excluding carboxylic acids is 1. The van der Waals surface area contributed by atoms with Crippen molar-refractivity contribution in [2.75, 3.05) is 7.11 Å². The molecule has 0 aliphatic heterocycles. The summed E-state index contributed by atoms with van der Waals surface area (Å²) in [6.07, 6.45) is 0. The summed E-state index contributed by atoms with van der Waals surface area (Å²) < 4.78 is 10.5. The minimum absolute atomic E-state index is 0.218. The van der Waals surface area contributed by atoms with Gasteiger partial charge in [0.05, 0.1) is 7.11 Å². The summed E-state index contributed by atoms with van der Waals surface area (Å²) in [5, 5.41) is 6.65. The number of rotatable bonds is 5. The molecule has 3 aromatic rings. The molecular formula is C19H19N3O3. The molecule has 1 atom stereocenters. The molecule has 25 heavy (non-hydrogen) atoms. The predicted octanol–water partition coefficient (Wildman–Crippen LogP) is 3.54. The van der Waals surface area contributed by atoms with E-state index < -0.39 is 0 Å². The molecule has 0 spiro atoms. The van der Waals surface area contributed by atoms with E-state index in [1.807, 2.05) is 42.5 Å². The Hall–Kier alpha value is -3.15. The van der Waals surface area contributed by atoms with Crippen molar-refractivity contribution in [1.82, 2.24) is 15.5 Å². The number of nitrogens with one attached hydrogen (secondary N) is 1. The van der Waals surface area contributed by atoms with Gasteiger partial charge >= 0.3 is 0 Å². The molecule has 0 saturated carbocycles. The van der Waals surface area contributed by atoms with Gasteiger partial charge in [0.15, 0.2) is 5.82 Å². The Morgan fingerprint density at radius 2 is 1.80 bits per heavy atom. The minimum Gasteiger partial charge on any atom is -0.496 e. The van der Waals surface area contributed by atoms with Crippen LogP contribution in [0.25, 0.3) is 11.1 Å². The second-order valence-corrected chi connectivity index (χ2v) is 5.62. The first-order valence-electron chi connectivity index (χ1n) is 7.93. The molecule has 3 rings (SSSR count). The summed E-state index contributed by atoms with van der Waals surface area (Å²) in [4.78, 5) is 16.9. The van der Waals surface area contributed by atoms with Crippen LogP contribution in [-0.2, 0) is 0 Å². The maximum Gasteiger partial charge on any atom is 0.252 e.